The summed E-state index contributed by atoms with van der Waals surface area (Å²) in [5.74, 6) is -0.360. The van der Waals surface area contributed by atoms with E-state index in [2.05, 4.69) is 4.99 Å². The molecular weight excluding hydrogens is 204 g/mol. The number of hydrogen-bond acceptors (Lipinski definition) is 3. The molecular formula is C8H6N2O3S. The quantitative estimate of drug-likeness (QED) is 0.702. The summed E-state index contributed by atoms with van der Waals surface area (Å²) in [5.41, 5.74) is 0.888. The van der Waals surface area contributed by atoms with E-state index < -0.39 is 10.0 Å². The molecule has 1 aliphatic heterocycles. The van der Waals surface area contributed by atoms with Gasteiger partial charge < -0.3 is 0 Å². The highest BCUT2D eigenvalue weighted by Gasteiger charge is 2.18. The molecule has 0 atom stereocenters. The second-order valence-corrected chi connectivity index (χ2v) is 4.42. The van der Waals surface area contributed by atoms with Crippen LogP contribution in [-0.4, -0.2) is 20.5 Å². The maximum absolute atomic E-state index is 11.0. The van der Waals surface area contributed by atoms with Crippen molar-refractivity contribution in [3.63, 3.8) is 0 Å². The standard InChI is InChI=1S/C8H6N2O3S/c9-14(12,13)6-1-2-7-5(3-6)4-10-8(7)11/h1-4H,(H2,9,12,13). The number of benzene rings is 1. The summed E-state index contributed by atoms with van der Waals surface area (Å²) in [7, 11) is -3.71. The lowest BCUT2D eigenvalue weighted by atomic mass is 10.1. The van der Waals surface area contributed by atoms with Gasteiger partial charge in [0.15, 0.2) is 0 Å². The molecule has 2 N–H and O–H groups in total. The number of carbonyl (C=O) groups is 1. The molecule has 72 valence electrons. The van der Waals surface area contributed by atoms with E-state index in [4.69, 9.17) is 5.14 Å². The Hall–Kier alpha value is -1.53. The van der Waals surface area contributed by atoms with Gasteiger partial charge in [0.25, 0.3) is 5.91 Å². The molecule has 14 heavy (non-hydrogen) atoms. The fraction of sp³-hybridized carbons (Fsp3) is 0. The Kier molecular flexibility index (Phi) is 1.76. The number of rotatable bonds is 1. The molecule has 0 saturated heterocycles. The predicted molar refractivity (Wildman–Crippen MR) is 49.7 cm³/mol. The summed E-state index contributed by atoms with van der Waals surface area (Å²) < 4.78 is 21.9. The van der Waals surface area contributed by atoms with Crippen molar-refractivity contribution >= 4 is 22.1 Å². The maximum atomic E-state index is 11.0. The third-order valence-corrected chi connectivity index (χ3v) is 2.81. The summed E-state index contributed by atoms with van der Waals surface area (Å²) in [6.45, 7) is 0. The van der Waals surface area contributed by atoms with Gasteiger partial charge in [-0.05, 0) is 18.2 Å². The molecule has 0 aromatic heterocycles. The van der Waals surface area contributed by atoms with E-state index in [0.717, 1.165) is 0 Å². The highest BCUT2D eigenvalue weighted by atomic mass is 32.2. The number of carbonyl (C=O) groups excluding carboxylic acids is 1. The molecule has 1 aliphatic rings. The van der Waals surface area contributed by atoms with Gasteiger partial charge in [-0.3, -0.25) is 4.79 Å². The van der Waals surface area contributed by atoms with Crippen molar-refractivity contribution in [1.29, 1.82) is 0 Å². The maximum Gasteiger partial charge on any atom is 0.277 e. The van der Waals surface area contributed by atoms with Gasteiger partial charge in [0, 0.05) is 11.8 Å². The zero-order valence-electron chi connectivity index (χ0n) is 6.97. The van der Waals surface area contributed by atoms with E-state index in [1.165, 1.54) is 24.4 Å². The molecule has 0 fully saturated rings. The lowest BCUT2D eigenvalue weighted by Gasteiger charge is -1.99. The Labute approximate surface area is 80.3 Å². The number of hydrogen-bond donors (Lipinski definition) is 1. The Morgan fingerprint density at radius 1 is 1.29 bits per heavy atom. The van der Waals surface area contributed by atoms with Crippen LogP contribution in [0.4, 0.5) is 0 Å². The molecule has 6 heteroatoms. The summed E-state index contributed by atoms with van der Waals surface area (Å²) in [6.07, 6.45) is 1.33. The van der Waals surface area contributed by atoms with Gasteiger partial charge >= 0.3 is 0 Å². The van der Waals surface area contributed by atoms with Crippen LogP contribution < -0.4 is 5.14 Å². The lowest BCUT2D eigenvalue weighted by Crippen LogP contribution is -2.12. The Bertz CT molecular complexity index is 546. The second kappa shape index (κ2) is 2.73. The van der Waals surface area contributed by atoms with Crippen LogP contribution in [-0.2, 0) is 10.0 Å². The fourth-order valence-electron chi connectivity index (χ4n) is 1.22. The zero-order chi connectivity index (χ0) is 10.3. The average Bonchev–Trinajstić information content (AvgIpc) is 2.46. The number of sulfonamides is 1. The minimum absolute atomic E-state index is 0.0163. The number of fused-ring (bicyclic) bond motifs is 1. The molecule has 1 heterocycles. The molecule has 0 unspecified atom stereocenters. The van der Waals surface area contributed by atoms with Crippen LogP contribution in [0.25, 0.3) is 0 Å². The first-order chi connectivity index (χ1) is 6.48. The van der Waals surface area contributed by atoms with Crippen LogP contribution in [0.2, 0.25) is 0 Å². The van der Waals surface area contributed by atoms with Crippen LogP contribution in [0.3, 0.4) is 0 Å². The first-order valence-corrected chi connectivity index (χ1v) is 5.28. The normalized spacial score (nSPS) is 14.5. The molecule has 5 nitrogen and oxygen atoms in total. The molecule has 2 rings (SSSR count). The van der Waals surface area contributed by atoms with Crippen LogP contribution in [0.1, 0.15) is 15.9 Å². The number of nitrogens with two attached hydrogens (primary N) is 1. The largest absolute Gasteiger partial charge is 0.277 e. The van der Waals surface area contributed by atoms with E-state index in [9.17, 15) is 13.2 Å². The highest BCUT2D eigenvalue weighted by molar-refractivity contribution is 7.89. The number of nitrogens with zero attached hydrogens (tertiary/aromatic N) is 1. The third-order valence-electron chi connectivity index (χ3n) is 1.90. The van der Waals surface area contributed by atoms with Crippen molar-refractivity contribution < 1.29 is 13.2 Å². The molecule has 0 spiro atoms. The molecule has 1 aromatic carbocycles. The van der Waals surface area contributed by atoms with Gasteiger partial charge in [0.1, 0.15) is 0 Å². The molecule has 1 aromatic rings. The number of primary sulfonamides is 1. The predicted octanol–water partition coefficient (Wildman–Crippen LogP) is -0.0933. The van der Waals surface area contributed by atoms with Gasteiger partial charge in [-0.1, -0.05) is 0 Å². The summed E-state index contributed by atoms with van der Waals surface area (Å²) in [5, 5.41) is 4.93. The van der Waals surface area contributed by atoms with E-state index in [-0.39, 0.29) is 10.8 Å². The van der Waals surface area contributed by atoms with Crippen LogP contribution in [0.15, 0.2) is 28.1 Å². The van der Waals surface area contributed by atoms with Crippen molar-refractivity contribution in [2.45, 2.75) is 4.90 Å². The molecule has 0 radical (unpaired) electrons. The molecule has 0 bridgehead atoms. The van der Waals surface area contributed by atoms with Crippen LogP contribution in [0.5, 0.6) is 0 Å². The lowest BCUT2D eigenvalue weighted by molar-refractivity contribution is 0.101. The summed E-state index contributed by atoms with van der Waals surface area (Å²) in [4.78, 5) is 14.6. The molecule has 1 amide bonds. The van der Waals surface area contributed by atoms with Crippen molar-refractivity contribution in [3.05, 3.63) is 29.3 Å². The van der Waals surface area contributed by atoms with Crippen molar-refractivity contribution in [1.82, 2.24) is 0 Å². The monoisotopic (exact) mass is 210 g/mol. The smallest absolute Gasteiger partial charge is 0.267 e. The summed E-state index contributed by atoms with van der Waals surface area (Å²) in [6, 6.07) is 4.03. The number of amides is 1. The van der Waals surface area contributed by atoms with Gasteiger partial charge in [0.2, 0.25) is 10.0 Å². The fourth-order valence-corrected chi connectivity index (χ4v) is 1.77. The van der Waals surface area contributed by atoms with E-state index >= 15 is 0 Å². The van der Waals surface area contributed by atoms with E-state index in [0.29, 0.717) is 11.1 Å². The third kappa shape index (κ3) is 1.34. The zero-order valence-corrected chi connectivity index (χ0v) is 7.78. The second-order valence-electron chi connectivity index (χ2n) is 2.86. The van der Waals surface area contributed by atoms with Gasteiger partial charge in [-0.15, -0.1) is 0 Å². The first kappa shape index (κ1) is 9.04. The Balaban J connectivity index is 2.64. The SMILES string of the molecule is NS(=O)(=O)c1ccc2c(c1)C=NC2=O. The van der Waals surface area contributed by atoms with Crippen LogP contribution in [0, 0.1) is 0 Å². The molecule has 0 aliphatic carbocycles. The topological polar surface area (TPSA) is 89.6 Å². The van der Waals surface area contributed by atoms with Gasteiger partial charge in [-0.25, -0.2) is 18.5 Å². The van der Waals surface area contributed by atoms with E-state index in [1.807, 2.05) is 0 Å². The van der Waals surface area contributed by atoms with Gasteiger partial charge in [-0.2, -0.15) is 0 Å². The minimum Gasteiger partial charge on any atom is -0.267 e. The van der Waals surface area contributed by atoms with Crippen molar-refractivity contribution in [2.75, 3.05) is 0 Å². The van der Waals surface area contributed by atoms with Crippen molar-refractivity contribution in [2.24, 2.45) is 10.1 Å². The van der Waals surface area contributed by atoms with Crippen LogP contribution >= 0.6 is 0 Å². The van der Waals surface area contributed by atoms with Crippen molar-refractivity contribution in [3.8, 4) is 0 Å². The first-order valence-electron chi connectivity index (χ1n) is 3.74. The van der Waals surface area contributed by atoms with Gasteiger partial charge in [0.05, 0.1) is 10.5 Å². The Morgan fingerprint density at radius 2 is 2.00 bits per heavy atom. The minimum atomic E-state index is -3.71. The Morgan fingerprint density at radius 3 is 2.64 bits per heavy atom. The number of aliphatic imine (C=N–C) groups is 1. The average molecular weight is 210 g/mol. The summed E-state index contributed by atoms with van der Waals surface area (Å²) >= 11 is 0. The molecule has 0 saturated carbocycles. The highest BCUT2D eigenvalue weighted by Crippen LogP contribution is 2.18. The van der Waals surface area contributed by atoms with E-state index in [1.54, 1.807) is 0 Å².